The highest BCUT2D eigenvalue weighted by atomic mass is 35.5. The number of hydrogen-bond acceptors (Lipinski definition) is 4. The highest BCUT2D eigenvalue weighted by molar-refractivity contribution is 7.99. The van der Waals surface area contributed by atoms with Crippen LogP contribution in [0.15, 0.2) is 42.5 Å². The molecule has 0 aromatic heterocycles. The number of halogens is 1. The second-order valence-electron chi connectivity index (χ2n) is 5.14. The van der Waals surface area contributed by atoms with Gasteiger partial charge in [0.1, 0.15) is 11.5 Å². The molecule has 1 unspecified atom stereocenters. The van der Waals surface area contributed by atoms with E-state index in [0.717, 1.165) is 5.56 Å². The molecule has 2 aromatic carbocycles. The molecule has 0 aliphatic carbocycles. The number of benzene rings is 2. The summed E-state index contributed by atoms with van der Waals surface area (Å²) in [5.41, 5.74) is 1.68. The van der Waals surface area contributed by atoms with Crippen LogP contribution in [0, 0.1) is 0 Å². The predicted molar refractivity (Wildman–Crippen MR) is 100 cm³/mol. The quantitative estimate of drug-likeness (QED) is 0.777. The van der Waals surface area contributed by atoms with Crippen molar-refractivity contribution in [2.45, 2.75) is 17.9 Å². The maximum atomic E-state index is 12.4. The zero-order chi connectivity index (χ0) is 17.5. The Bertz CT molecular complexity index is 708. The van der Waals surface area contributed by atoms with Gasteiger partial charge in [-0.15, -0.1) is 11.8 Å². The fourth-order valence-corrected chi connectivity index (χ4v) is 3.11. The van der Waals surface area contributed by atoms with Crippen LogP contribution in [0.5, 0.6) is 11.5 Å². The maximum absolute atomic E-state index is 12.4. The van der Waals surface area contributed by atoms with Gasteiger partial charge < -0.3 is 14.8 Å². The van der Waals surface area contributed by atoms with Gasteiger partial charge in [-0.2, -0.15) is 0 Å². The second-order valence-corrected chi connectivity index (χ2v) is 6.90. The van der Waals surface area contributed by atoms with Crippen LogP contribution in [0.25, 0.3) is 0 Å². The van der Waals surface area contributed by atoms with Gasteiger partial charge in [0.05, 0.1) is 25.2 Å². The molecule has 0 heterocycles. The van der Waals surface area contributed by atoms with E-state index in [2.05, 4.69) is 5.32 Å². The molecule has 0 spiro atoms. The van der Waals surface area contributed by atoms with E-state index >= 15 is 0 Å². The van der Waals surface area contributed by atoms with Gasteiger partial charge in [0.25, 0.3) is 0 Å². The summed E-state index contributed by atoms with van der Waals surface area (Å²) in [6.45, 7) is 1.87. The Kier molecular flexibility index (Phi) is 6.82. The van der Waals surface area contributed by atoms with Crippen molar-refractivity contribution in [2.24, 2.45) is 0 Å². The van der Waals surface area contributed by atoms with Gasteiger partial charge in [-0.3, -0.25) is 4.79 Å². The number of thioether (sulfide) groups is 1. The molecule has 24 heavy (non-hydrogen) atoms. The van der Waals surface area contributed by atoms with E-state index in [4.69, 9.17) is 21.1 Å². The number of hydrogen-bond donors (Lipinski definition) is 1. The minimum absolute atomic E-state index is 0.0893. The number of carbonyl (C=O) groups is 1. The van der Waals surface area contributed by atoms with Crippen LogP contribution in [-0.4, -0.2) is 25.4 Å². The molecular weight excluding hydrogens is 346 g/mol. The Morgan fingerprint density at radius 3 is 2.67 bits per heavy atom. The topological polar surface area (TPSA) is 47.6 Å². The van der Waals surface area contributed by atoms with Gasteiger partial charge in [-0.05, 0) is 36.8 Å². The molecule has 2 aromatic rings. The van der Waals surface area contributed by atoms with Crippen molar-refractivity contribution in [2.75, 3.05) is 19.5 Å². The van der Waals surface area contributed by atoms with Crippen LogP contribution < -0.4 is 14.8 Å². The lowest BCUT2D eigenvalue weighted by Gasteiger charge is -2.15. The number of amides is 1. The summed E-state index contributed by atoms with van der Waals surface area (Å²) in [6.07, 6.45) is 0. The predicted octanol–water partition coefficient (Wildman–Crippen LogP) is 4.62. The average molecular weight is 366 g/mol. The van der Waals surface area contributed by atoms with Crippen LogP contribution in [-0.2, 0) is 10.5 Å². The van der Waals surface area contributed by atoms with Gasteiger partial charge in [0.15, 0.2) is 0 Å². The number of anilines is 1. The van der Waals surface area contributed by atoms with E-state index in [0.29, 0.717) is 28.0 Å². The lowest BCUT2D eigenvalue weighted by atomic mass is 10.2. The molecule has 0 aliphatic heterocycles. The molecular formula is C18H20ClNO3S. The Hall–Kier alpha value is -1.85. The molecule has 1 N–H and O–H groups in total. The van der Waals surface area contributed by atoms with Gasteiger partial charge >= 0.3 is 0 Å². The molecule has 4 nitrogen and oxygen atoms in total. The standard InChI is InChI=1S/C18H20ClNO3S/c1-12(24-11-13-5-4-6-14(19)9-13)18(21)20-16-10-15(22-2)7-8-17(16)23-3/h4-10,12H,11H2,1-3H3,(H,20,21). The lowest BCUT2D eigenvalue weighted by molar-refractivity contribution is -0.115. The summed E-state index contributed by atoms with van der Waals surface area (Å²) >= 11 is 7.52. The smallest absolute Gasteiger partial charge is 0.237 e. The number of carbonyl (C=O) groups excluding carboxylic acids is 1. The lowest BCUT2D eigenvalue weighted by Crippen LogP contribution is -2.23. The Morgan fingerprint density at radius 2 is 2.00 bits per heavy atom. The van der Waals surface area contributed by atoms with Gasteiger partial charge in [0.2, 0.25) is 5.91 Å². The number of nitrogens with one attached hydrogen (secondary N) is 1. The number of rotatable bonds is 7. The van der Waals surface area contributed by atoms with E-state index in [1.807, 2.05) is 31.2 Å². The Balaban J connectivity index is 1.98. The zero-order valence-corrected chi connectivity index (χ0v) is 15.4. The van der Waals surface area contributed by atoms with E-state index < -0.39 is 0 Å². The van der Waals surface area contributed by atoms with Crippen LogP contribution in [0.4, 0.5) is 5.69 Å². The number of methoxy groups -OCH3 is 2. The van der Waals surface area contributed by atoms with E-state index in [1.165, 1.54) is 0 Å². The summed E-state index contributed by atoms with van der Waals surface area (Å²) in [5.74, 6) is 1.87. The van der Waals surface area contributed by atoms with E-state index in [9.17, 15) is 4.79 Å². The molecule has 0 radical (unpaired) electrons. The highest BCUT2D eigenvalue weighted by Gasteiger charge is 2.16. The third-order valence-electron chi connectivity index (χ3n) is 3.42. The average Bonchev–Trinajstić information content (AvgIpc) is 2.59. The van der Waals surface area contributed by atoms with Crippen molar-refractivity contribution < 1.29 is 14.3 Å². The molecule has 128 valence electrons. The summed E-state index contributed by atoms with van der Waals surface area (Å²) in [6, 6.07) is 12.9. The molecule has 0 fully saturated rings. The monoisotopic (exact) mass is 365 g/mol. The molecule has 1 atom stereocenters. The molecule has 6 heteroatoms. The van der Waals surface area contributed by atoms with Crippen molar-refractivity contribution in [3.8, 4) is 11.5 Å². The summed E-state index contributed by atoms with van der Waals surface area (Å²) in [5, 5.41) is 3.37. The zero-order valence-electron chi connectivity index (χ0n) is 13.8. The molecule has 0 bridgehead atoms. The summed E-state index contributed by atoms with van der Waals surface area (Å²) in [7, 11) is 3.14. The van der Waals surface area contributed by atoms with Gasteiger partial charge in [-0.25, -0.2) is 0 Å². The maximum Gasteiger partial charge on any atom is 0.237 e. The third kappa shape index (κ3) is 5.08. The largest absolute Gasteiger partial charge is 0.497 e. The molecule has 0 aliphatic rings. The first-order valence-corrected chi connectivity index (χ1v) is 8.85. The van der Waals surface area contributed by atoms with Crippen LogP contribution in [0.2, 0.25) is 5.02 Å². The third-order valence-corrected chi connectivity index (χ3v) is 4.87. The van der Waals surface area contributed by atoms with Crippen LogP contribution >= 0.6 is 23.4 Å². The fraction of sp³-hybridized carbons (Fsp3) is 0.278. The fourth-order valence-electron chi connectivity index (χ4n) is 2.07. The summed E-state index contributed by atoms with van der Waals surface area (Å²) < 4.78 is 10.5. The molecule has 0 saturated carbocycles. The summed E-state index contributed by atoms with van der Waals surface area (Å²) in [4.78, 5) is 12.4. The van der Waals surface area contributed by atoms with E-state index in [1.54, 1.807) is 44.2 Å². The molecule has 0 saturated heterocycles. The molecule has 1 amide bonds. The molecule has 2 rings (SSSR count). The SMILES string of the molecule is COc1ccc(OC)c(NC(=O)C(C)SCc2cccc(Cl)c2)c1. The first-order chi connectivity index (χ1) is 11.5. The number of ether oxygens (including phenoxy) is 2. The Labute approximate surface area is 151 Å². The van der Waals surface area contributed by atoms with Crippen molar-refractivity contribution >= 4 is 35.0 Å². The van der Waals surface area contributed by atoms with Crippen molar-refractivity contribution in [3.63, 3.8) is 0 Å². The van der Waals surface area contributed by atoms with Crippen molar-refractivity contribution in [3.05, 3.63) is 53.1 Å². The second kappa shape index (κ2) is 8.85. The van der Waals surface area contributed by atoms with Gasteiger partial charge in [0, 0.05) is 16.8 Å². The first-order valence-electron chi connectivity index (χ1n) is 7.42. The van der Waals surface area contributed by atoms with Crippen molar-refractivity contribution in [1.82, 2.24) is 0 Å². The Morgan fingerprint density at radius 1 is 1.21 bits per heavy atom. The van der Waals surface area contributed by atoms with Crippen molar-refractivity contribution in [1.29, 1.82) is 0 Å². The highest BCUT2D eigenvalue weighted by Crippen LogP contribution is 2.30. The minimum atomic E-state index is -0.222. The normalized spacial score (nSPS) is 11.7. The van der Waals surface area contributed by atoms with Gasteiger partial charge in [-0.1, -0.05) is 23.7 Å². The van der Waals surface area contributed by atoms with E-state index in [-0.39, 0.29) is 11.2 Å². The van der Waals surface area contributed by atoms with Crippen LogP contribution in [0.3, 0.4) is 0 Å². The van der Waals surface area contributed by atoms with Crippen LogP contribution in [0.1, 0.15) is 12.5 Å². The minimum Gasteiger partial charge on any atom is -0.497 e. The first kappa shape index (κ1) is 18.5.